The first-order valence-corrected chi connectivity index (χ1v) is 7.60. The molecule has 0 saturated carbocycles. The molecule has 0 amide bonds. The van der Waals surface area contributed by atoms with Crippen LogP contribution in [0, 0.1) is 0 Å². The van der Waals surface area contributed by atoms with E-state index in [1.807, 2.05) is 0 Å². The number of rotatable bonds is 5. The zero-order chi connectivity index (χ0) is 17.1. The molecule has 0 unspecified atom stereocenters. The molecule has 2 saturated heterocycles. The molecule has 2 rings (SSSR count). The Balaban J connectivity index is 2.13. The first-order chi connectivity index (χ1) is 10.9. The van der Waals surface area contributed by atoms with E-state index in [2.05, 4.69) is 0 Å². The second kappa shape index (κ2) is 8.15. The second-order valence-corrected chi connectivity index (χ2v) is 5.83. The van der Waals surface area contributed by atoms with Crippen LogP contribution in [0.1, 0.15) is 13.3 Å². The van der Waals surface area contributed by atoms with Gasteiger partial charge in [0.1, 0.15) is 30.5 Å². The third-order valence-corrected chi connectivity index (χ3v) is 4.28. The number of methoxy groups -OCH3 is 2. The molecule has 0 bridgehead atoms. The van der Waals surface area contributed by atoms with E-state index in [4.69, 9.17) is 23.7 Å². The van der Waals surface area contributed by atoms with Gasteiger partial charge in [-0.1, -0.05) is 0 Å². The standard InChI is InChI=1S/C14H26O9/c1-6-7(16)4-8(17)13(21-6)23-11-10(18)9(5-15)22-14(20-3)12(11)19-2/h6-18H,4-5H2,1-3H3/t6-,7-,8-,9-,10+,11+,12+,13-,14+/m1/s1. The number of hydrogen-bond acceptors (Lipinski definition) is 9. The number of aliphatic hydroxyl groups is 4. The Morgan fingerprint density at radius 3 is 2.22 bits per heavy atom. The molecule has 0 aliphatic carbocycles. The predicted molar refractivity (Wildman–Crippen MR) is 75.4 cm³/mol. The Hall–Kier alpha value is -0.360. The van der Waals surface area contributed by atoms with E-state index in [9.17, 15) is 20.4 Å². The lowest BCUT2D eigenvalue weighted by Crippen LogP contribution is -2.62. The summed E-state index contributed by atoms with van der Waals surface area (Å²) in [7, 11) is 2.82. The molecule has 9 atom stereocenters. The third-order valence-electron chi connectivity index (χ3n) is 4.28. The molecule has 2 aliphatic rings. The van der Waals surface area contributed by atoms with E-state index in [0.29, 0.717) is 0 Å². The van der Waals surface area contributed by atoms with E-state index in [1.54, 1.807) is 6.92 Å². The first-order valence-electron chi connectivity index (χ1n) is 7.60. The molecule has 2 aliphatic heterocycles. The lowest BCUT2D eigenvalue weighted by molar-refractivity contribution is -0.347. The van der Waals surface area contributed by atoms with Crippen molar-refractivity contribution in [2.45, 2.75) is 68.7 Å². The van der Waals surface area contributed by atoms with Crippen LogP contribution in [0.25, 0.3) is 0 Å². The molecular formula is C14H26O9. The minimum absolute atomic E-state index is 0.0972. The average Bonchev–Trinajstić information content (AvgIpc) is 2.53. The zero-order valence-corrected chi connectivity index (χ0v) is 13.4. The summed E-state index contributed by atoms with van der Waals surface area (Å²) in [5, 5.41) is 39.4. The van der Waals surface area contributed by atoms with E-state index in [1.165, 1.54) is 14.2 Å². The van der Waals surface area contributed by atoms with Crippen molar-refractivity contribution in [3.05, 3.63) is 0 Å². The minimum atomic E-state index is -1.20. The fourth-order valence-corrected chi connectivity index (χ4v) is 2.86. The van der Waals surface area contributed by atoms with E-state index < -0.39 is 61.9 Å². The Kier molecular flexibility index (Phi) is 6.72. The maximum absolute atomic E-state index is 10.3. The molecule has 2 heterocycles. The Bertz CT molecular complexity index is 368. The number of ether oxygens (including phenoxy) is 5. The van der Waals surface area contributed by atoms with Gasteiger partial charge in [0.25, 0.3) is 0 Å². The van der Waals surface area contributed by atoms with Gasteiger partial charge in [0.2, 0.25) is 0 Å². The molecule has 0 aromatic rings. The molecule has 0 spiro atoms. The van der Waals surface area contributed by atoms with Gasteiger partial charge in [-0.05, 0) is 6.92 Å². The minimum Gasteiger partial charge on any atom is -0.394 e. The highest BCUT2D eigenvalue weighted by Gasteiger charge is 2.49. The summed E-state index contributed by atoms with van der Waals surface area (Å²) in [6.07, 6.45) is -8.01. The van der Waals surface area contributed by atoms with E-state index in [-0.39, 0.29) is 6.42 Å². The third kappa shape index (κ3) is 4.01. The Morgan fingerprint density at radius 1 is 0.957 bits per heavy atom. The fourth-order valence-electron chi connectivity index (χ4n) is 2.86. The molecule has 136 valence electrons. The van der Waals surface area contributed by atoms with Crippen molar-refractivity contribution >= 4 is 0 Å². The van der Waals surface area contributed by atoms with Gasteiger partial charge in [-0.15, -0.1) is 0 Å². The molecule has 0 aromatic heterocycles. The first kappa shape index (κ1) is 19.0. The van der Waals surface area contributed by atoms with Crippen molar-refractivity contribution in [1.82, 2.24) is 0 Å². The quantitative estimate of drug-likeness (QED) is 0.449. The summed E-state index contributed by atoms with van der Waals surface area (Å²) in [6, 6.07) is 0. The van der Waals surface area contributed by atoms with Crippen molar-refractivity contribution < 1.29 is 44.1 Å². The van der Waals surface area contributed by atoms with Crippen LogP contribution >= 0.6 is 0 Å². The molecule has 4 N–H and O–H groups in total. The number of hydrogen-bond donors (Lipinski definition) is 4. The van der Waals surface area contributed by atoms with Gasteiger partial charge >= 0.3 is 0 Å². The summed E-state index contributed by atoms with van der Waals surface area (Å²) in [5.74, 6) is 0. The molecule has 0 aromatic carbocycles. The molecule has 2 fully saturated rings. The highest BCUT2D eigenvalue weighted by Crippen LogP contribution is 2.30. The summed E-state index contributed by atoms with van der Waals surface area (Å²) >= 11 is 0. The average molecular weight is 338 g/mol. The largest absolute Gasteiger partial charge is 0.394 e. The highest BCUT2D eigenvalue weighted by atomic mass is 16.7. The van der Waals surface area contributed by atoms with Crippen LogP contribution in [0.4, 0.5) is 0 Å². The highest BCUT2D eigenvalue weighted by molar-refractivity contribution is 4.92. The van der Waals surface area contributed by atoms with Crippen LogP contribution in [0.3, 0.4) is 0 Å². The summed E-state index contributed by atoms with van der Waals surface area (Å²) in [4.78, 5) is 0. The van der Waals surface area contributed by atoms with Crippen molar-refractivity contribution in [1.29, 1.82) is 0 Å². The van der Waals surface area contributed by atoms with Gasteiger partial charge < -0.3 is 44.1 Å². The molecular weight excluding hydrogens is 312 g/mol. The molecule has 9 nitrogen and oxygen atoms in total. The zero-order valence-electron chi connectivity index (χ0n) is 13.4. The SMILES string of the molecule is CO[C@H]1O[C@H](CO)[C@H](O)[C@H](O[C@H]2O[C@H](C)[C@H](O)C[C@H]2O)[C@@H]1OC. The van der Waals surface area contributed by atoms with Crippen molar-refractivity contribution in [3.8, 4) is 0 Å². The Labute approximate surface area is 134 Å². The van der Waals surface area contributed by atoms with E-state index in [0.717, 1.165) is 0 Å². The van der Waals surface area contributed by atoms with Gasteiger partial charge in [0.15, 0.2) is 12.6 Å². The molecule has 23 heavy (non-hydrogen) atoms. The van der Waals surface area contributed by atoms with Crippen molar-refractivity contribution in [2.75, 3.05) is 20.8 Å². The summed E-state index contributed by atoms with van der Waals surface area (Å²) < 4.78 is 27.0. The van der Waals surface area contributed by atoms with Crippen LogP contribution in [0.5, 0.6) is 0 Å². The van der Waals surface area contributed by atoms with Gasteiger partial charge in [0.05, 0.1) is 18.8 Å². The maximum Gasteiger partial charge on any atom is 0.186 e. The predicted octanol–water partition coefficient (Wildman–Crippen LogP) is -2.03. The van der Waals surface area contributed by atoms with Gasteiger partial charge in [-0.2, -0.15) is 0 Å². The smallest absolute Gasteiger partial charge is 0.186 e. The van der Waals surface area contributed by atoms with Crippen LogP contribution < -0.4 is 0 Å². The van der Waals surface area contributed by atoms with Crippen LogP contribution in [0.2, 0.25) is 0 Å². The van der Waals surface area contributed by atoms with Gasteiger partial charge in [-0.3, -0.25) is 0 Å². The van der Waals surface area contributed by atoms with Crippen LogP contribution in [0.15, 0.2) is 0 Å². The fraction of sp³-hybridized carbons (Fsp3) is 1.00. The Morgan fingerprint density at radius 2 is 1.65 bits per heavy atom. The monoisotopic (exact) mass is 338 g/mol. The van der Waals surface area contributed by atoms with Crippen molar-refractivity contribution in [3.63, 3.8) is 0 Å². The summed E-state index contributed by atoms with van der Waals surface area (Å²) in [5.41, 5.74) is 0. The summed E-state index contributed by atoms with van der Waals surface area (Å²) in [6.45, 7) is 1.23. The van der Waals surface area contributed by atoms with Gasteiger partial charge in [0, 0.05) is 20.6 Å². The second-order valence-electron chi connectivity index (χ2n) is 5.83. The topological polar surface area (TPSA) is 127 Å². The normalized spacial score (nSPS) is 48.4. The van der Waals surface area contributed by atoms with Crippen molar-refractivity contribution in [2.24, 2.45) is 0 Å². The maximum atomic E-state index is 10.3. The lowest BCUT2D eigenvalue weighted by Gasteiger charge is -2.45. The lowest BCUT2D eigenvalue weighted by atomic mass is 9.98. The molecule has 0 radical (unpaired) electrons. The van der Waals surface area contributed by atoms with Crippen LogP contribution in [-0.2, 0) is 23.7 Å². The number of aliphatic hydroxyl groups excluding tert-OH is 4. The molecule has 9 heteroatoms. The van der Waals surface area contributed by atoms with Crippen LogP contribution in [-0.4, -0.2) is 96.6 Å². The van der Waals surface area contributed by atoms with E-state index >= 15 is 0 Å². The van der Waals surface area contributed by atoms with Gasteiger partial charge in [-0.25, -0.2) is 0 Å².